The summed E-state index contributed by atoms with van der Waals surface area (Å²) in [5.41, 5.74) is 1.16. The van der Waals surface area contributed by atoms with E-state index in [1.54, 1.807) is 36.7 Å². The molecule has 2 aromatic carbocycles. The maximum absolute atomic E-state index is 13.2. The van der Waals surface area contributed by atoms with E-state index in [1.807, 2.05) is 0 Å². The fraction of sp³-hybridized carbons (Fsp3) is 0.190. The minimum absolute atomic E-state index is 0.0210. The molecule has 0 aliphatic heterocycles. The van der Waals surface area contributed by atoms with Crippen molar-refractivity contribution in [2.75, 3.05) is 26.1 Å². The molecule has 11 heteroatoms. The number of hydrogen-bond acceptors (Lipinski definition) is 9. The average molecular weight is 456 g/mol. The molecular formula is C21H20N4O6S. The molecule has 0 saturated carbocycles. The van der Waals surface area contributed by atoms with Crippen molar-refractivity contribution >= 4 is 26.8 Å². The van der Waals surface area contributed by atoms with Crippen LogP contribution in [0.1, 0.15) is 11.4 Å². The van der Waals surface area contributed by atoms with E-state index in [-0.39, 0.29) is 22.2 Å². The molecule has 2 aromatic heterocycles. The monoisotopic (exact) mass is 456 g/mol. The van der Waals surface area contributed by atoms with Crippen LogP contribution in [0.15, 0.2) is 58.2 Å². The molecule has 4 rings (SSSR count). The predicted octanol–water partition coefficient (Wildman–Crippen LogP) is 3.04. The Hall–Kier alpha value is -3.86. The van der Waals surface area contributed by atoms with E-state index >= 15 is 0 Å². The number of nitrogens with zero attached hydrogens (tertiary/aromatic N) is 3. The van der Waals surface area contributed by atoms with Gasteiger partial charge in [0.25, 0.3) is 10.0 Å². The predicted molar refractivity (Wildman–Crippen MR) is 116 cm³/mol. The van der Waals surface area contributed by atoms with Crippen LogP contribution in [0.4, 0.5) is 5.82 Å². The third-order valence-corrected chi connectivity index (χ3v) is 6.08. The summed E-state index contributed by atoms with van der Waals surface area (Å²) >= 11 is 0. The molecule has 0 unspecified atom stereocenters. The molecular weight excluding hydrogens is 436 g/mol. The van der Waals surface area contributed by atoms with Crippen LogP contribution in [0, 0.1) is 0 Å². The Morgan fingerprint density at radius 2 is 1.59 bits per heavy atom. The molecule has 0 radical (unpaired) electrons. The van der Waals surface area contributed by atoms with Gasteiger partial charge in [-0.1, -0.05) is 11.2 Å². The molecule has 0 bridgehead atoms. The van der Waals surface area contributed by atoms with Crippen molar-refractivity contribution in [3.05, 3.63) is 60.2 Å². The van der Waals surface area contributed by atoms with Crippen LogP contribution >= 0.6 is 0 Å². The Kier molecular flexibility index (Phi) is 5.82. The van der Waals surface area contributed by atoms with Crippen LogP contribution in [-0.2, 0) is 16.4 Å². The Bertz CT molecular complexity index is 1330. The Labute approximate surface area is 184 Å². The third-order valence-electron chi connectivity index (χ3n) is 4.68. The van der Waals surface area contributed by atoms with E-state index in [0.29, 0.717) is 29.0 Å². The molecule has 2 heterocycles. The van der Waals surface area contributed by atoms with Crippen molar-refractivity contribution in [3.63, 3.8) is 0 Å². The van der Waals surface area contributed by atoms with Gasteiger partial charge in [0.15, 0.2) is 16.3 Å². The van der Waals surface area contributed by atoms with E-state index < -0.39 is 10.0 Å². The Morgan fingerprint density at radius 3 is 2.22 bits per heavy atom. The van der Waals surface area contributed by atoms with E-state index in [4.69, 9.17) is 18.7 Å². The van der Waals surface area contributed by atoms with Gasteiger partial charge in [-0.2, -0.15) is 0 Å². The van der Waals surface area contributed by atoms with E-state index in [0.717, 1.165) is 5.56 Å². The lowest BCUT2D eigenvalue weighted by molar-refractivity contribution is 0.373. The van der Waals surface area contributed by atoms with Crippen LogP contribution in [0.25, 0.3) is 11.0 Å². The number of methoxy groups -OCH3 is 3. The normalized spacial score (nSPS) is 11.3. The summed E-state index contributed by atoms with van der Waals surface area (Å²) in [5, 5.41) is 4.29. The molecule has 32 heavy (non-hydrogen) atoms. The van der Waals surface area contributed by atoms with E-state index in [9.17, 15) is 8.42 Å². The van der Waals surface area contributed by atoms with Crippen molar-refractivity contribution in [3.8, 4) is 17.2 Å². The minimum Gasteiger partial charge on any atom is -0.496 e. The molecule has 0 amide bonds. The summed E-state index contributed by atoms with van der Waals surface area (Å²) in [6.45, 7) is 0. The minimum atomic E-state index is -4.14. The molecule has 0 spiro atoms. The zero-order valence-electron chi connectivity index (χ0n) is 17.5. The zero-order valence-corrected chi connectivity index (χ0v) is 18.3. The van der Waals surface area contributed by atoms with Gasteiger partial charge < -0.3 is 18.7 Å². The summed E-state index contributed by atoms with van der Waals surface area (Å²) in [7, 11) is 0.0870. The van der Waals surface area contributed by atoms with Crippen molar-refractivity contribution in [2.24, 2.45) is 0 Å². The fourth-order valence-corrected chi connectivity index (χ4v) is 4.62. The van der Waals surface area contributed by atoms with Crippen molar-refractivity contribution in [1.29, 1.82) is 0 Å². The quantitative estimate of drug-likeness (QED) is 0.426. The van der Waals surface area contributed by atoms with Crippen LogP contribution in [0.5, 0.6) is 17.2 Å². The van der Waals surface area contributed by atoms with Crippen LogP contribution < -0.4 is 18.9 Å². The van der Waals surface area contributed by atoms with Gasteiger partial charge >= 0.3 is 0 Å². The molecule has 1 N–H and O–H groups in total. The standard InChI is InChI=1S/C21H20N4O6S/c1-28-14-6-4-7-15(29-2)20(14)32(26,27)25-21-19-16(30-3)10-13(11-17(19)31-24-21)12-18-22-8-5-9-23-18/h4-11H,12H2,1-3H3,(H,24,25). The first-order valence-electron chi connectivity index (χ1n) is 9.43. The lowest BCUT2D eigenvalue weighted by Crippen LogP contribution is -2.15. The van der Waals surface area contributed by atoms with Gasteiger partial charge in [-0.05, 0) is 35.9 Å². The van der Waals surface area contributed by atoms with Gasteiger partial charge in [-0.15, -0.1) is 0 Å². The number of anilines is 1. The maximum atomic E-state index is 13.2. The molecule has 0 saturated heterocycles. The highest BCUT2D eigenvalue weighted by molar-refractivity contribution is 7.93. The van der Waals surface area contributed by atoms with Crippen molar-refractivity contribution in [2.45, 2.75) is 11.3 Å². The van der Waals surface area contributed by atoms with Gasteiger partial charge in [0.2, 0.25) is 0 Å². The zero-order chi connectivity index (χ0) is 22.7. The average Bonchev–Trinajstić information content (AvgIpc) is 3.20. The van der Waals surface area contributed by atoms with Gasteiger partial charge in [0.05, 0.1) is 21.3 Å². The maximum Gasteiger partial charge on any atom is 0.270 e. The van der Waals surface area contributed by atoms with Crippen LogP contribution in [0.2, 0.25) is 0 Å². The highest BCUT2D eigenvalue weighted by Gasteiger charge is 2.28. The molecule has 0 aliphatic rings. The Balaban J connectivity index is 1.75. The second kappa shape index (κ2) is 8.71. The number of nitrogens with one attached hydrogen (secondary N) is 1. The summed E-state index contributed by atoms with van der Waals surface area (Å²) in [6, 6.07) is 9.91. The van der Waals surface area contributed by atoms with Crippen molar-refractivity contribution < 1.29 is 27.2 Å². The van der Waals surface area contributed by atoms with Gasteiger partial charge in [0.1, 0.15) is 28.5 Å². The molecule has 4 aromatic rings. The lowest BCUT2D eigenvalue weighted by atomic mass is 10.1. The van der Waals surface area contributed by atoms with E-state index in [2.05, 4.69) is 19.8 Å². The third kappa shape index (κ3) is 4.02. The van der Waals surface area contributed by atoms with Gasteiger partial charge in [-0.3, -0.25) is 4.72 Å². The number of rotatable bonds is 8. The number of hydrogen-bond donors (Lipinski definition) is 1. The lowest BCUT2D eigenvalue weighted by Gasteiger charge is -2.14. The van der Waals surface area contributed by atoms with Crippen LogP contribution in [-0.4, -0.2) is 44.9 Å². The van der Waals surface area contributed by atoms with Crippen LogP contribution in [0.3, 0.4) is 0 Å². The van der Waals surface area contributed by atoms with E-state index in [1.165, 1.54) is 33.5 Å². The Morgan fingerprint density at radius 1 is 0.938 bits per heavy atom. The summed E-state index contributed by atoms with van der Waals surface area (Å²) in [6.07, 6.45) is 3.75. The fourth-order valence-electron chi connectivity index (χ4n) is 3.29. The number of ether oxygens (including phenoxy) is 3. The molecule has 0 fully saturated rings. The summed E-state index contributed by atoms with van der Waals surface area (Å²) < 4.78 is 50.2. The summed E-state index contributed by atoms with van der Waals surface area (Å²) in [5.74, 6) is 1.24. The summed E-state index contributed by atoms with van der Waals surface area (Å²) in [4.78, 5) is 8.28. The van der Waals surface area contributed by atoms with Crippen molar-refractivity contribution in [1.82, 2.24) is 15.1 Å². The highest BCUT2D eigenvalue weighted by atomic mass is 32.2. The van der Waals surface area contributed by atoms with Gasteiger partial charge in [-0.25, -0.2) is 18.4 Å². The first kappa shape index (κ1) is 21.4. The number of sulfonamides is 1. The SMILES string of the molecule is COc1cccc(OC)c1S(=O)(=O)Nc1noc2cc(Cc3ncccn3)cc(OC)c12. The molecule has 166 valence electrons. The number of aromatic nitrogens is 3. The number of benzene rings is 2. The molecule has 0 atom stereocenters. The smallest absolute Gasteiger partial charge is 0.270 e. The van der Waals surface area contributed by atoms with Gasteiger partial charge in [0, 0.05) is 18.8 Å². The highest BCUT2D eigenvalue weighted by Crippen LogP contribution is 2.38. The molecule has 0 aliphatic carbocycles. The second-order valence-electron chi connectivity index (χ2n) is 6.64. The number of fused-ring (bicyclic) bond motifs is 1. The first-order chi connectivity index (χ1) is 15.5. The molecule has 10 nitrogen and oxygen atoms in total. The first-order valence-corrected chi connectivity index (χ1v) is 10.9. The topological polar surface area (TPSA) is 126 Å². The largest absolute Gasteiger partial charge is 0.496 e. The second-order valence-corrected chi connectivity index (χ2v) is 8.26.